The highest BCUT2D eigenvalue weighted by atomic mass is 19.1. The lowest BCUT2D eigenvalue weighted by atomic mass is 9.86. The molecule has 1 saturated carbocycles. The van der Waals surface area contributed by atoms with Crippen molar-refractivity contribution in [1.29, 1.82) is 0 Å². The monoisotopic (exact) mass is 234 g/mol. The SMILES string of the molecule is NC1CCC(c2nc3ccc(F)cc3o2)CC1. The average molecular weight is 234 g/mol. The highest BCUT2D eigenvalue weighted by Crippen LogP contribution is 2.33. The number of rotatable bonds is 1. The molecular formula is C13H15FN2O. The summed E-state index contributed by atoms with van der Waals surface area (Å²) in [7, 11) is 0. The minimum atomic E-state index is -0.286. The van der Waals surface area contributed by atoms with Crippen molar-refractivity contribution in [2.75, 3.05) is 0 Å². The van der Waals surface area contributed by atoms with E-state index in [0.29, 0.717) is 17.5 Å². The molecule has 0 unspecified atom stereocenters. The maximum Gasteiger partial charge on any atom is 0.198 e. The molecule has 1 aromatic heterocycles. The standard InChI is InChI=1S/C13H15FN2O/c14-9-3-6-11-12(7-9)17-13(16-11)8-1-4-10(15)5-2-8/h3,6-8,10H,1-2,4-5,15H2. The quantitative estimate of drug-likeness (QED) is 0.825. The van der Waals surface area contributed by atoms with Crippen LogP contribution in [0.15, 0.2) is 22.6 Å². The fourth-order valence-electron chi connectivity index (χ4n) is 2.46. The van der Waals surface area contributed by atoms with E-state index < -0.39 is 0 Å². The summed E-state index contributed by atoms with van der Waals surface area (Å²) in [5.41, 5.74) is 7.14. The van der Waals surface area contributed by atoms with Crippen molar-refractivity contribution in [2.45, 2.75) is 37.6 Å². The van der Waals surface area contributed by atoms with Gasteiger partial charge in [-0.05, 0) is 37.8 Å². The van der Waals surface area contributed by atoms with Gasteiger partial charge in [0.2, 0.25) is 0 Å². The predicted octanol–water partition coefficient (Wildman–Crippen LogP) is 2.95. The Balaban J connectivity index is 1.90. The van der Waals surface area contributed by atoms with Crippen molar-refractivity contribution in [1.82, 2.24) is 4.98 Å². The number of nitrogens with two attached hydrogens (primary N) is 1. The van der Waals surface area contributed by atoms with E-state index in [1.54, 1.807) is 6.07 Å². The third-order valence-electron chi connectivity index (χ3n) is 3.49. The molecule has 3 rings (SSSR count). The van der Waals surface area contributed by atoms with Crippen LogP contribution >= 0.6 is 0 Å². The molecule has 0 aliphatic heterocycles. The molecule has 1 aliphatic rings. The van der Waals surface area contributed by atoms with Crippen molar-refractivity contribution in [3.05, 3.63) is 29.9 Å². The molecule has 3 nitrogen and oxygen atoms in total. The normalized spacial score (nSPS) is 25.3. The van der Waals surface area contributed by atoms with Crippen LogP contribution in [-0.4, -0.2) is 11.0 Å². The molecule has 0 atom stereocenters. The fourth-order valence-corrected chi connectivity index (χ4v) is 2.46. The van der Waals surface area contributed by atoms with Gasteiger partial charge in [-0.2, -0.15) is 0 Å². The summed E-state index contributed by atoms with van der Waals surface area (Å²) in [4.78, 5) is 4.43. The predicted molar refractivity (Wildman–Crippen MR) is 63.2 cm³/mol. The molecular weight excluding hydrogens is 219 g/mol. The number of halogens is 1. The van der Waals surface area contributed by atoms with Crippen LogP contribution in [0.3, 0.4) is 0 Å². The molecule has 1 aliphatic carbocycles. The summed E-state index contributed by atoms with van der Waals surface area (Å²) in [5, 5.41) is 0. The summed E-state index contributed by atoms with van der Waals surface area (Å²) in [6.07, 6.45) is 4.04. The second kappa shape index (κ2) is 4.11. The van der Waals surface area contributed by atoms with E-state index in [1.807, 2.05) is 0 Å². The summed E-state index contributed by atoms with van der Waals surface area (Å²) >= 11 is 0. The Morgan fingerprint density at radius 1 is 1.24 bits per heavy atom. The molecule has 1 fully saturated rings. The van der Waals surface area contributed by atoms with Crippen molar-refractivity contribution < 1.29 is 8.81 Å². The van der Waals surface area contributed by atoms with Gasteiger partial charge < -0.3 is 10.2 Å². The molecule has 1 heterocycles. The van der Waals surface area contributed by atoms with Crippen molar-refractivity contribution >= 4 is 11.1 Å². The lowest BCUT2D eigenvalue weighted by Gasteiger charge is -2.23. The third kappa shape index (κ3) is 2.05. The number of benzene rings is 1. The van der Waals surface area contributed by atoms with Gasteiger partial charge in [0.25, 0.3) is 0 Å². The Morgan fingerprint density at radius 3 is 2.76 bits per heavy atom. The van der Waals surface area contributed by atoms with Gasteiger partial charge in [0.1, 0.15) is 11.3 Å². The molecule has 2 aromatic rings. The maximum atomic E-state index is 13.0. The van der Waals surface area contributed by atoms with Crippen LogP contribution in [-0.2, 0) is 0 Å². The number of fused-ring (bicyclic) bond motifs is 1. The van der Waals surface area contributed by atoms with Gasteiger partial charge in [-0.15, -0.1) is 0 Å². The molecule has 90 valence electrons. The maximum absolute atomic E-state index is 13.0. The average Bonchev–Trinajstić information content (AvgIpc) is 2.72. The minimum Gasteiger partial charge on any atom is -0.440 e. The number of nitrogens with zero attached hydrogens (tertiary/aromatic N) is 1. The topological polar surface area (TPSA) is 52.0 Å². The highest BCUT2D eigenvalue weighted by molar-refractivity contribution is 5.72. The summed E-state index contributed by atoms with van der Waals surface area (Å²) < 4.78 is 18.7. The lowest BCUT2D eigenvalue weighted by Crippen LogP contribution is -2.25. The summed E-state index contributed by atoms with van der Waals surface area (Å²) in [5.74, 6) is 0.786. The Kier molecular flexibility index (Phi) is 2.59. The van der Waals surface area contributed by atoms with Crippen molar-refractivity contribution in [3.63, 3.8) is 0 Å². The largest absolute Gasteiger partial charge is 0.440 e. The molecule has 2 N–H and O–H groups in total. The number of aromatic nitrogens is 1. The van der Waals surface area contributed by atoms with Crippen LogP contribution in [0.1, 0.15) is 37.5 Å². The van der Waals surface area contributed by atoms with Crippen LogP contribution in [0.5, 0.6) is 0 Å². The zero-order valence-corrected chi connectivity index (χ0v) is 9.53. The van der Waals surface area contributed by atoms with Crippen LogP contribution in [0, 0.1) is 5.82 Å². The molecule has 4 heteroatoms. The first-order valence-electron chi connectivity index (χ1n) is 6.04. The Bertz CT molecular complexity index is 529. The van der Waals surface area contributed by atoms with Crippen LogP contribution in [0.4, 0.5) is 4.39 Å². The first-order valence-corrected chi connectivity index (χ1v) is 6.04. The van der Waals surface area contributed by atoms with E-state index >= 15 is 0 Å². The molecule has 0 amide bonds. The number of hydrogen-bond acceptors (Lipinski definition) is 3. The van der Waals surface area contributed by atoms with E-state index in [1.165, 1.54) is 12.1 Å². The van der Waals surface area contributed by atoms with Gasteiger partial charge in [0, 0.05) is 18.0 Å². The van der Waals surface area contributed by atoms with Crippen LogP contribution in [0.25, 0.3) is 11.1 Å². The fraction of sp³-hybridized carbons (Fsp3) is 0.462. The molecule has 1 aromatic carbocycles. The highest BCUT2D eigenvalue weighted by Gasteiger charge is 2.24. The van der Waals surface area contributed by atoms with Crippen LogP contribution < -0.4 is 5.73 Å². The van der Waals surface area contributed by atoms with Gasteiger partial charge in [-0.25, -0.2) is 9.37 Å². The Hall–Kier alpha value is -1.42. The molecule has 0 bridgehead atoms. The second-order valence-corrected chi connectivity index (χ2v) is 4.78. The van der Waals surface area contributed by atoms with Gasteiger partial charge in [-0.3, -0.25) is 0 Å². The van der Waals surface area contributed by atoms with Crippen molar-refractivity contribution in [3.8, 4) is 0 Å². The van der Waals surface area contributed by atoms with Gasteiger partial charge in [0.05, 0.1) is 0 Å². The summed E-state index contributed by atoms with van der Waals surface area (Å²) in [6.45, 7) is 0. The van der Waals surface area contributed by atoms with Crippen molar-refractivity contribution in [2.24, 2.45) is 5.73 Å². The molecule has 0 radical (unpaired) electrons. The van der Waals surface area contributed by atoms with Crippen LogP contribution in [0.2, 0.25) is 0 Å². The second-order valence-electron chi connectivity index (χ2n) is 4.78. The number of oxazole rings is 1. The Morgan fingerprint density at radius 2 is 2.00 bits per heavy atom. The summed E-state index contributed by atoms with van der Waals surface area (Å²) in [6, 6.07) is 4.77. The minimum absolute atomic E-state index is 0.286. The first-order chi connectivity index (χ1) is 8.22. The molecule has 17 heavy (non-hydrogen) atoms. The van der Waals surface area contributed by atoms with E-state index in [9.17, 15) is 4.39 Å². The lowest BCUT2D eigenvalue weighted by molar-refractivity contribution is 0.346. The Labute approximate surface area is 98.8 Å². The van der Waals surface area contributed by atoms with E-state index in [-0.39, 0.29) is 5.82 Å². The van der Waals surface area contributed by atoms with Gasteiger partial charge >= 0.3 is 0 Å². The smallest absolute Gasteiger partial charge is 0.198 e. The van der Waals surface area contributed by atoms with E-state index in [4.69, 9.17) is 10.2 Å². The zero-order chi connectivity index (χ0) is 11.8. The molecule has 0 spiro atoms. The third-order valence-corrected chi connectivity index (χ3v) is 3.49. The van der Waals surface area contributed by atoms with E-state index in [0.717, 1.165) is 37.1 Å². The van der Waals surface area contributed by atoms with Gasteiger partial charge in [-0.1, -0.05) is 0 Å². The zero-order valence-electron chi connectivity index (χ0n) is 9.53. The van der Waals surface area contributed by atoms with Gasteiger partial charge in [0.15, 0.2) is 11.5 Å². The molecule has 0 saturated heterocycles. The van der Waals surface area contributed by atoms with E-state index in [2.05, 4.69) is 4.98 Å². The number of hydrogen-bond donors (Lipinski definition) is 1. The first kappa shape index (κ1) is 10.7.